The Morgan fingerprint density at radius 1 is 1.12 bits per heavy atom. The lowest BCUT2D eigenvalue weighted by Gasteiger charge is -2.11. The van der Waals surface area contributed by atoms with Gasteiger partial charge in [0.1, 0.15) is 11.6 Å². The van der Waals surface area contributed by atoms with Crippen molar-refractivity contribution < 1.29 is 18.7 Å². The summed E-state index contributed by atoms with van der Waals surface area (Å²) in [6, 6.07) is 6.10. The van der Waals surface area contributed by atoms with Crippen molar-refractivity contribution in [2.24, 2.45) is 0 Å². The lowest BCUT2D eigenvalue weighted by atomic mass is 9.94. The lowest BCUT2D eigenvalue weighted by Crippen LogP contribution is -2.06. The van der Waals surface area contributed by atoms with E-state index in [1.807, 2.05) is 0 Å². The van der Waals surface area contributed by atoms with E-state index in [1.165, 1.54) is 18.2 Å². The highest BCUT2D eigenvalue weighted by Crippen LogP contribution is 2.25. The predicted molar refractivity (Wildman–Crippen MR) is 98.1 cm³/mol. The number of carbonyl (C=O) groups is 1. The van der Waals surface area contributed by atoms with E-state index < -0.39 is 17.6 Å². The summed E-state index contributed by atoms with van der Waals surface area (Å²) in [5.74, 6) is -2.27. The summed E-state index contributed by atoms with van der Waals surface area (Å²) >= 11 is 0. The van der Waals surface area contributed by atoms with E-state index in [0.717, 1.165) is 6.08 Å². The fourth-order valence-electron chi connectivity index (χ4n) is 2.23. The number of hydrogen-bond donors (Lipinski definition) is 1. The van der Waals surface area contributed by atoms with E-state index in [4.69, 9.17) is 0 Å². The minimum atomic E-state index is -1.17. The summed E-state index contributed by atoms with van der Waals surface area (Å²) in [6.45, 7) is 13.8. The number of aliphatic carboxylic acids is 1. The molecule has 0 saturated carbocycles. The average molecular weight is 342 g/mol. The Labute approximate surface area is 146 Å². The van der Waals surface area contributed by atoms with Crippen LogP contribution in [0.2, 0.25) is 0 Å². The van der Waals surface area contributed by atoms with Crippen LogP contribution >= 0.6 is 0 Å². The molecule has 25 heavy (non-hydrogen) atoms. The van der Waals surface area contributed by atoms with Gasteiger partial charge in [0, 0.05) is 5.56 Å². The van der Waals surface area contributed by atoms with Gasteiger partial charge >= 0.3 is 5.97 Å². The molecule has 0 amide bonds. The van der Waals surface area contributed by atoms with Crippen molar-refractivity contribution >= 4 is 11.5 Å². The summed E-state index contributed by atoms with van der Waals surface area (Å²) in [5, 5.41) is 9.52. The zero-order chi connectivity index (χ0) is 19.1. The first-order valence-electron chi connectivity index (χ1n) is 7.43. The van der Waals surface area contributed by atoms with Crippen LogP contribution in [-0.4, -0.2) is 11.1 Å². The standard InChI is InChI=1S/C21H20F2O2/c1-13(10-11-16(4)22)17(5)20(21(24)25)15(3)12-14(2)18-8-6-7-9-19(18)23/h6-12H,1-2,4H2,3,5H3,(H,24,25)/b11-10-,15-12+,20-17-. The van der Waals surface area contributed by atoms with Crippen molar-refractivity contribution in [2.75, 3.05) is 0 Å². The smallest absolute Gasteiger partial charge is 0.336 e. The second-order valence-electron chi connectivity index (χ2n) is 5.44. The first kappa shape index (κ1) is 20.0. The first-order chi connectivity index (χ1) is 11.6. The molecule has 0 aliphatic heterocycles. The Bertz CT molecular complexity index is 824. The highest BCUT2D eigenvalue weighted by atomic mass is 19.1. The maximum atomic E-state index is 13.8. The van der Waals surface area contributed by atoms with Crippen LogP contribution in [-0.2, 0) is 4.79 Å². The maximum Gasteiger partial charge on any atom is 0.336 e. The highest BCUT2D eigenvalue weighted by molar-refractivity contribution is 5.94. The SMILES string of the molecule is C=C(F)/C=C\C(=C)/C(C)=C(C(=O)O)/C(C)=C/C(=C)c1ccccc1F. The number of halogens is 2. The molecule has 130 valence electrons. The van der Waals surface area contributed by atoms with Gasteiger partial charge in [0.2, 0.25) is 0 Å². The third kappa shape index (κ3) is 5.53. The Morgan fingerprint density at radius 2 is 1.72 bits per heavy atom. The Balaban J connectivity index is 3.30. The fourth-order valence-corrected chi connectivity index (χ4v) is 2.23. The van der Waals surface area contributed by atoms with Crippen molar-refractivity contribution in [1.29, 1.82) is 0 Å². The minimum absolute atomic E-state index is 0.00314. The van der Waals surface area contributed by atoms with Gasteiger partial charge in [-0.3, -0.25) is 0 Å². The number of hydrogen-bond acceptors (Lipinski definition) is 1. The van der Waals surface area contributed by atoms with Gasteiger partial charge in [-0.15, -0.1) is 0 Å². The lowest BCUT2D eigenvalue weighted by molar-refractivity contribution is -0.132. The Kier molecular flexibility index (Phi) is 7.00. The molecule has 0 bridgehead atoms. The van der Waals surface area contributed by atoms with E-state index >= 15 is 0 Å². The average Bonchev–Trinajstić information content (AvgIpc) is 2.52. The maximum absolute atomic E-state index is 13.8. The largest absolute Gasteiger partial charge is 0.478 e. The molecule has 0 fully saturated rings. The molecule has 0 aliphatic carbocycles. The molecule has 1 aromatic carbocycles. The van der Waals surface area contributed by atoms with E-state index in [-0.39, 0.29) is 11.1 Å². The highest BCUT2D eigenvalue weighted by Gasteiger charge is 2.15. The monoisotopic (exact) mass is 342 g/mol. The van der Waals surface area contributed by atoms with Crippen LogP contribution in [0.5, 0.6) is 0 Å². The van der Waals surface area contributed by atoms with E-state index in [2.05, 4.69) is 19.7 Å². The molecule has 0 aliphatic rings. The number of benzene rings is 1. The summed E-state index contributed by atoms with van der Waals surface area (Å²) in [6.07, 6.45) is 3.94. The van der Waals surface area contributed by atoms with Crippen LogP contribution in [0.25, 0.3) is 5.57 Å². The van der Waals surface area contributed by atoms with Gasteiger partial charge in [-0.25, -0.2) is 13.6 Å². The van der Waals surface area contributed by atoms with Gasteiger partial charge in [-0.1, -0.05) is 50.1 Å². The van der Waals surface area contributed by atoms with Crippen LogP contribution in [0.15, 0.2) is 90.3 Å². The molecule has 0 unspecified atom stereocenters. The molecule has 0 radical (unpaired) electrons. The zero-order valence-corrected chi connectivity index (χ0v) is 14.3. The van der Waals surface area contributed by atoms with Crippen molar-refractivity contribution in [3.05, 3.63) is 102 Å². The second-order valence-corrected chi connectivity index (χ2v) is 5.44. The molecule has 0 saturated heterocycles. The van der Waals surface area contributed by atoms with Crippen molar-refractivity contribution in [3.63, 3.8) is 0 Å². The van der Waals surface area contributed by atoms with Gasteiger partial charge in [0.05, 0.1) is 5.57 Å². The van der Waals surface area contributed by atoms with Crippen LogP contribution in [0.4, 0.5) is 8.78 Å². The Morgan fingerprint density at radius 3 is 2.24 bits per heavy atom. The van der Waals surface area contributed by atoms with Gasteiger partial charge in [-0.05, 0) is 48.3 Å². The fraction of sp³-hybridized carbons (Fsp3) is 0.0952. The summed E-state index contributed by atoms with van der Waals surface area (Å²) in [4.78, 5) is 11.7. The van der Waals surface area contributed by atoms with Gasteiger partial charge in [0.25, 0.3) is 0 Å². The second kappa shape index (κ2) is 8.73. The Hall–Kier alpha value is -3.01. The normalized spacial score (nSPS) is 12.7. The summed E-state index contributed by atoms with van der Waals surface area (Å²) in [7, 11) is 0. The zero-order valence-electron chi connectivity index (χ0n) is 14.3. The van der Waals surface area contributed by atoms with E-state index in [1.54, 1.807) is 32.0 Å². The van der Waals surface area contributed by atoms with Gasteiger partial charge < -0.3 is 5.11 Å². The molecule has 1 N–H and O–H groups in total. The number of carboxylic acids is 1. The summed E-state index contributed by atoms with van der Waals surface area (Å²) < 4.78 is 26.6. The van der Waals surface area contributed by atoms with Crippen LogP contribution in [0.1, 0.15) is 19.4 Å². The van der Waals surface area contributed by atoms with Crippen LogP contribution in [0, 0.1) is 5.82 Å². The molecule has 2 nitrogen and oxygen atoms in total. The molecular weight excluding hydrogens is 322 g/mol. The molecular formula is C21H20F2O2. The molecule has 0 heterocycles. The van der Waals surface area contributed by atoms with Gasteiger partial charge in [0.15, 0.2) is 0 Å². The third-order valence-corrected chi connectivity index (χ3v) is 3.54. The molecule has 1 rings (SSSR count). The van der Waals surface area contributed by atoms with Crippen molar-refractivity contribution in [1.82, 2.24) is 0 Å². The van der Waals surface area contributed by atoms with E-state index in [9.17, 15) is 18.7 Å². The van der Waals surface area contributed by atoms with E-state index in [0.29, 0.717) is 22.3 Å². The molecule has 4 heteroatoms. The quantitative estimate of drug-likeness (QED) is 0.503. The summed E-state index contributed by atoms with van der Waals surface area (Å²) in [5.41, 5.74) is 1.71. The predicted octanol–water partition coefficient (Wildman–Crippen LogP) is 5.78. The van der Waals surface area contributed by atoms with Crippen molar-refractivity contribution in [2.45, 2.75) is 13.8 Å². The number of rotatable bonds is 7. The number of allylic oxidation sites excluding steroid dienone is 7. The van der Waals surface area contributed by atoms with Crippen LogP contribution in [0.3, 0.4) is 0 Å². The minimum Gasteiger partial charge on any atom is -0.478 e. The van der Waals surface area contributed by atoms with Gasteiger partial charge in [-0.2, -0.15) is 0 Å². The van der Waals surface area contributed by atoms with Crippen molar-refractivity contribution in [3.8, 4) is 0 Å². The molecule has 0 atom stereocenters. The third-order valence-electron chi connectivity index (χ3n) is 3.54. The van der Waals surface area contributed by atoms with Crippen LogP contribution < -0.4 is 0 Å². The molecule has 0 aromatic heterocycles. The first-order valence-corrected chi connectivity index (χ1v) is 7.43. The number of carboxylic acid groups (broad SMARTS) is 1. The topological polar surface area (TPSA) is 37.3 Å². The molecule has 1 aromatic rings. The molecule has 0 spiro atoms.